The van der Waals surface area contributed by atoms with Gasteiger partial charge in [-0.3, -0.25) is 0 Å². The van der Waals surface area contributed by atoms with Crippen molar-refractivity contribution in [3.63, 3.8) is 0 Å². The zero-order valence-corrected chi connectivity index (χ0v) is 13.4. The summed E-state index contributed by atoms with van der Waals surface area (Å²) >= 11 is 6.16. The molecule has 2 rings (SSSR count). The molecule has 0 aromatic heterocycles. The van der Waals surface area contributed by atoms with Gasteiger partial charge in [0.05, 0.1) is 0 Å². The third-order valence-electron chi connectivity index (χ3n) is 3.57. The van der Waals surface area contributed by atoms with Crippen LogP contribution in [0.3, 0.4) is 0 Å². The molecule has 0 aliphatic heterocycles. The van der Waals surface area contributed by atoms with Crippen LogP contribution in [0.5, 0.6) is 5.75 Å². The van der Waals surface area contributed by atoms with Crippen LogP contribution in [0.4, 0.5) is 0 Å². The molecule has 0 heterocycles. The van der Waals surface area contributed by atoms with E-state index in [1.165, 1.54) is 5.56 Å². The average molecular weight is 304 g/mol. The van der Waals surface area contributed by atoms with Crippen molar-refractivity contribution in [3.05, 3.63) is 64.7 Å². The molecule has 0 amide bonds. The van der Waals surface area contributed by atoms with Gasteiger partial charge in [-0.1, -0.05) is 54.9 Å². The molecule has 2 aromatic rings. The smallest absolute Gasteiger partial charge is 0.124 e. The van der Waals surface area contributed by atoms with Crippen LogP contribution < -0.4 is 10.1 Å². The predicted octanol–water partition coefficient (Wildman–Crippen LogP) is 4.81. The Hall–Kier alpha value is -1.51. The summed E-state index contributed by atoms with van der Waals surface area (Å²) < 4.78 is 5.95. The normalized spacial score (nSPS) is 12.1. The highest BCUT2D eigenvalue weighted by molar-refractivity contribution is 6.31. The maximum atomic E-state index is 6.16. The lowest BCUT2D eigenvalue weighted by Crippen LogP contribution is -2.24. The molecule has 0 unspecified atom stereocenters. The lowest BCUT2D eigenvalue weighted by atomic mass is 10.1. The third kappa shape index (κ3) is 4.76. The van der Waals surface area contributed by atoms with Crippen LogP contribution in [-0.4, -0.2) is 6.04 Å². The number of para-hydroxylation sites is 1. The van der Waals surface area contributed by atoms with E-state index in [2.05, 4.69) is 25.2 Å². The Labute approximate surface area is 132 Å². The van der Waals surface area contributed by atoms with Crippen molar-refractivity contribution < 1.29 is 4.74 Å². The van der Waals surface area contributed by atoms with Crippen molar-refractivity contribution in [2.24, 2.45) is 0 Å². The molecule has 1 atom stereocenters. The maximum absolute atomic E-state index is 6.16. The van der Waals surface area contributed by atoms with Gasteiger partial charge in [0, 0.05) is 28.7 Å². The minimum absolute atomic E-state index is 0.486. The highest BCUT2D eigenvalue weighted by Gasteiger charge is 2.06. The first kappa shape index (κ1) is 15.9. The second-order valence-electron chi connectivity index (χ2n) is 5.18. The summed E-state index contributed by atoms with van der Waals surface area (Å²) in [5.41, 5.74) is 2.17. The van der Waals surface area contributed by atoms with Gasteiger partial charge >= 0.3 is 0 Å². The lowest BCUT2D eigenvalue weighted by Gasteiger charge is -2.15. The second kappa shape index (κ2) is 8.06. The number of hydrogen-bond donors (Lipinski definition) is 1. The molecule has 0 spiro atoms. The molecular formula is C18H22ClNO. The SMILES string of the molecule is CC[C@@H](C)NCc1ccccc1OCc1ccccc1Cl. The standard InChI is InChI=1S/C18H22ClNO/c1-3-14(2)20-12-15-8-5-7-11-18(15)21-13-16-9-4-6-10-17(16)19/h4-11,14,20H,3,12-13H2,1-2H3/t14-/m1/s1. The second-order valence-corrected chi connectivity index (χ2v) is 5.59. The van der Waals surface area contributed by atoms with E-state index in [-0.39, 0.29) is 0 Å². The summed E-state index contributed by atoms with van der Waals surface area (Å²) in [6.45, 7) is 5.67. The number of rotatable bonds is 7. The molecular weight excluding hydrogens is 282 g/mol. The van der Waals surface area contributed by atoms with Gasteiger partial charge in [-0.2, -0.15) is 0 Å². The van der Waals surface area contributed by atoms with Crippen LogP contribution >= 0.6 is 11.6 Å². The fourth-order valence-corrected chi connectivity index (χ4v) is 2.18. The molecule has 21 heavy (non-hydrogen) atoms. The van der Waals surface area contributed by atoms with Gasteiger partial charge < -0.3 is 10.1 Å². The molecule has 0 bridgehead atoms. The first-order chi connectivity index (χ1) is 10.2. The summed E-state index contributed by atoms with van der Waals surface area (Å²) in [7, 11) is 0. The van der Waals surface area contributed by atoms with Crippen LogP contribution in [0, 0.1) is 0 Å². The lowest BCUT2D eigenvalue weighted by molar-refractivity contribution is 0.301. The molecule has 1 N–H and O–H groups in total. The Kier molecular flexibility index (Phi) is 6.09. The van der Waals surface area contributed by atoms with Gasteiger partial charge in [0.25, 0.3) is 0 Å². The molecule has 0 aliphatic carbocycles. The van der Waals surface area contributed by atoms with Gasteiger partial charge in [-0.05, 0) is 25.5 Å². The number of hydrogen-bond acceptors (Lipinski definition) is 2. The van der Waals surface area contributed by atoms with Crippen LogP contribution in [0.2, 0.25) is 5.02 Å². The Morgan fingerprint density at radius 3 is 2.43 bits per heavy atom. The van der Waals surface area contributed by atoms with E-state index in [0.717, 1.165) is 29.3 Å². The first-order valence-electron chi connectivity index (χ1n) is 7.38. The zero-order valence-electron chi connectivity index (χ0n) is 12.6. The van der Waals surface area contributed by atoms with E-state index < -0.39 is 0 Å². The summed E-state index contributed by atoms with van der Waals surface area (Å²) in [4.78, 5) is 0. The summed E-state index contributed by atoms with van der Waals surface area (Å²) in [5.74, 6) is 0.910. The Morgan fingerprint density at radius 2 is 1.71 bits per heavy atom. The van der Waals surface area contributed by atoms with Gasteiger partial charge in [0.2, 0.25) is 0 Å². The van der Waals surface area contributed by atoms with Crippen molar-refractivity contribution in [2.75, 3.05) is 0 Å². The number of nitrogens with one attached hydrogen (secondary N) is 1. The van der Waals surface area contributed by atoms with Crippen LogP contribution in [0.25, 0.3) is 0 Å². The molecule has 2 aromatic carbocycles. The van der Waals surface area contributed by atoms with Gasteiger partial charge in [-0.25, -0.2) is 0 Å². The van der Waals surface area contributed by atoms with E-state index in [0.29, 0.717) is 12.6 Å². The third-order valence-corrected chi connectivity index (χ3v) is 3.94. The van der Waals surface area contributed by atoms with E-state index in [4.69, 9.17) is 16.3 Å². The molecule has 0 radical (unpaired) electrons. The van der Waals surface area contributed by atoms with E-state index in [1.807, 2.05) is 42.5 Å². The molecule has 0 saturated heterocycles. The Morgan fingerprint density at radius 1 is 1.05 bits per heavy atom. The quantitative estimate of drug-likeness (QED) is 0.793. The average Bonchev–Trinajstić information content (AvgIpc) is 2.52. The van der Waals surface area contributed by atoms with Crippen LogP contribution in [-0.2, 0) is 13.2 Å². The van der Waals surface area contributed by atoms with Crippen molar-refractivity contribution in [3.8, 4) is 5.75 Å². The number of halogens is 1. The molecule has 3 heteroatoms. The fourth-order valence-electron chi connectivity index (χ4n) is 1.99. The van der Waals surface area contributed by atoms with Crippen LogP contribution in [0.15, 0.2) is 48.5 Å². The minimum atomic E-state index is 0.486. The van der Waals surface area contributed by atoms with E-state index in [1.54, 1.807) is 0 Å². The van der Waals surface area contributed by atoms with E-state index >= 15 is 0 Å². The maximum Gasteiger partial charge on any atom is 0.124 e. The molecule has 2 nitrogen and oxygen atoms in total. The summed E-state index contributed by atoms with van der Waals surface area (Å²) in [6.07, 6.45) is 1.11. The summed E-state index contributed by atoms with van der Waals surface area (Å²) in [5, 5.41) is 4.24. The summed E-state index contributed by atoms with van der Waals surface area (Å²) in [6, 6.07) is 16.4. The van der Waals surface area contributed by atoms with Crippen LogP contribution in [0.1, 0.15) is 31.4 Å². The molecule has 0 saturated carbocycles. The van der Waals surface area contributed by atoms with Crippen molar-refractivity contribution in [1.82, 2.24) is 5.32 Å². The molecule has 0 fully saturated rings. The van der Waals surface area contributed by atoms with E-state index in [9.17, 15) is 0 Å². The van der Waals surface area contributed by atoms with Crippen molar-refractivity contribution in [2.45, 2.75) is 39.5 Å². The van der Waals surface area contributed by atoms with Gasteiger partial charge in [0.15, 0.2) is 0 Å². The van der Waals surface area contributed by atoms with Crippen molar-refractivity contribution in [1.29, 1.82) is 0 Å². The first-order valence-corrected chi connectivity index (χ1v) is 7.76. The van der Waals surface area contributed by atoms with Crippen molar-refractivity contribution >= 4 is 11.6 Å². The molecule has 112 valence electrons. The molecule has 0 aliphatic rings. The van der Waals surface area contributed by atoms with Gasteiger partial charge in [-0.15, -0.1) is 0 Å². The van der Waals surface area contributed by atoms with Gasteiger partial charge in [0.1, 0.15) is 12.4 Å². The highest BCUT2D eigenvalue weighted by Crippen LogP contribution is 2.22. The minimum Gasteiger partial charge on any atom is -0.489 e. The topological polar surface area (TPSA) is 21.3 Å². The predicted molar refractivity (Wildman–Crippen MR) is 88.8 cm³/mol. The fraction of sp³-hybridized carbons (Fsp3) is 0.333. The number of ether oxygens (including phenoxy) is 1. The highest BCUT2D eigenvalue weighted by atomic mass is 35.5. The monoisotopic (exact) mass is 303 g/mol. The number of benzene rings is 2. The zero-order chi connectivity index (χ0) is 15.1. The Bertz CT molecular complexity index is 571. The largest absolute Gasteiger partial charge is 0.489 e. The Balaban J connectivity index is 2.01.